The van der Waals surface area contributed by atoms with Gasteiger partial charge in [-0.25, -0.2) is 0 Å². The molecule has 2 aromatic carbocycles. The molecule has 1 N–H and O–H groups in total. The van der Waals surface area contributed by atoms with Gasteiger partial charge in [-0.3, -0.25) is 0 Å². The van der Waals surface area contributed by atoms with Crippen molar-refractivity contribution in [3.05, 3.63) is 71.3 Å². The molecular weight excluding hydrogens is 266 g/mol. The first kappa shape index (κ1) is 16.7. The quantitative estimate of drug-likeness (QED) is 0.882. The third-order valence-corrected chi connectivity index (χ3v) is 3.56. The topological polar surface area (TPSA) is 12.0 Å². The monoisotopic (exact) mass is 288 g/mol. The molecule has 0 heterocycles. The minimum Gasteiger partial charge on any atom is -1.00 e. The van der Waals surface area contributed by atoms with Crippen LogP contribution >= 0.6 is 0 Å². The van der Waals surface area contributed by atoms with E-state index in [9.17, 15) is 0 Å². The third kappa shape index (κ3) is 4.66. The van der Waals surface area contributed by atoms with Gasteiger partial charge in [-0.1, -0.05) is 68.4 Å². The van der Waals surface area contributed by atoms with Gasteiger partial charge in [0.2, 0.25) is 0 Å². The van der Waals surface area contributed by atoms with Gasteiger partial charge in [-0.15, -0.1) is 0 Å². The fraction of sp³-hybridized carbons (Fsp3) is 0.333. The van der Waals surface area contributed by atoms with Crippen molar-refractivity contribution in [2.75, 3.05) is 0 Å². The van der Waals surface area contributed by atoms with Gasteiger partial charge in [-0.2, -0.15) is 0 Å². The van der Waals surface area contributed by atoms with Crippen LogP contribution in [-0.2, 0) is 6.54 Å². The Balaban J connectivity index is 0.00000200. The molecule has 1 nitrogen and oxygen atoms in total. The largest absolute Gasteiger partial charge is 1.00 e. The van der Waals surface area contributed by atoms with E-state index < -0.39 is 0 Å². The highest BCUT2D eigenvalue weighted by atomic mass is 35.5. The minimum absolute atomic E-state index is 0. The van der Waals surface area contributed by atoms with Crippen molar-refractivity contribution in [1.82, 2.24) is 5.32 Å². The summed E-state index contributed by atoms with van der Waals surface area (Å²) in [4.78, 5) is 0. The highest BCUT2D eigenvalue weighted by molar-refractivity contribution is 5.25. The van der Waals surface area contributed by atoms with E-state index in [4.69, 9.17) is 0 Å². The van der Waals surface area contributed by atoms with Gasteiger partial charge in [0, 0.05) is 12.6 Å². The second-order valence-corrected chi connectivity index (χ2v) is 5.41. The van der Waals surface area contributed by atoms with Crippen LogP contribution < -0.4 is 17.7 Å². The molecule has 0 aliphatic carbocycles. The number of halogens is 1. The molecule has 0 radical (unpaired) electrons. The van der Waals surface area contributed by atoms with Crippen molar-refractivity contribution < 1.29 is 12.4 Å². The average molecular weight is 289 g/mol. The van der Waals surface area contributed by atoms with Crippen LogP contribution in [0.1, 0.15) is 49.4 Å². The molecular formula is C18H23ClN-. The Morgan fingerprint density at radius 2 is 1.40 bits per heavy atom. The van der Waals surface area contributed by atoms with Gasteiger partial charge in [0.1, 0.15) is 0 Å². The molecule has 2 rings (SSSR count). The van der Waals surface area contributed by atoms with E-state index >= 15 is 0 Å². The van der Waals surface area contributed by atoms with E-state index in [1.54, 1.807) is 0 Å². The second-order valence-electron chi connectivity index (χ2n) is 5.41. The van der Waals surface area contributed by atoms with Crippen LogP contribution in [-0.4, -0.2) is 0 Å². The third-order valence-electron chi connectivity index (χ3n) is 3.56. The standard InChI is InChI=1S/C18H23N.ClH/c1-14(2)17-11-9-16(10-12-17)13-19-15(3)18-7-5-4-6-8-18;/h4-12,14-15,19H,13H2,1-3H3;1H/p-1. The smallest absolute Gasteiger partial charge is 0.0294 e. The summed E-state index contributed by atoms with van der Waals surface area (Å²) in [5.74, 6) is 0.602. The lowest BCUT2D eigenvalue weighted by Gasteiger charge is -2.14. The van der Waals surface area contributed by atoms with Crippen LogP contribution in [0.4, 0.5) is 0 Å². The summed E-state index contributed by atoms with van der Waals surface area (Å²) < 4.78 is 0. The minimum atomic E-state index is 0. The Morgan fingerprint density at radius 1 is 0.800 bits per heavy atom. The van der Waals surface area contributed by atoms with Gasteiger partial charge in [0.05, 0.1) is 0 Å². The SMILES string of the molecule is CC(C)c1ccc(CNC(C)c2ccccc2)cc1.[Cl-]. The summed E-state index contributed by atoms with van der Waals surface area (Å²) in [6, 6.07) is 19.9. The fourth-order valence-corrected chi connectivity index (χ4v) is 2.15. The summed E-state index contributed by atoms with van der Waals surface area (Å²) >= 11 is 0. The van der Waals surface area contributed by atoms with Crippen molar-refractivity contribution in [2.24, 2.45) is 0 Å². The zero-order chi connectivity index (χ0) is 13.7. The molecule has 20 heavy (non-hydrogen) atoms. The Kier molecular flexibility index (Phi) is 6.77. The maximum absolute atomic E-state index is 3.56. The first-order chi connectivity index (χ1) is 9.16. The van der Waals surface area contributed by atoms with Crippen molar-refractivity contribution in [1.29, 1.82) is 0 Å². The van der Waals surface area contributed by atoms with Crippen molar-refractivity contribution in [3.63, 3.8) is 0 Å². The van der Waals surface area contributed by atoms with Crippen molar-refractivity contribution >= 4 is 0 Å². The van der Waals surface area contributed by atoms with Gasteiger partial charge >= 0.3 is 0 Å². The van der Waals surface area contributed by atoms with Crippen LogP contribution in [0.15, 0.2) is 54.6 Å². The predicted octanol–water partition coefficient (Wildman–Crippen LogP) is 1.66. The van der Waals surface area contributed by atoms with E-state index in [0.717, 1.165) is 6.54 Å². The number of benzene rings is 2. The molecule has 2 heteroatoms. The highest BCUT2D eigenvalue weighted by Gasteiger charge is 2.04. The first-order valence-electron chi connectivity index (χ1n) is 7.04. The summed E-state index contributed by atoms with van der Waals surface area (Å²) in [5.41, 5.74) is 4.08. The second kappa shape index (κ2) is 8.08. The summed E-state index contributed by atoms with van der Waals surface area (Å²) in [7, 11) is 0. The number of hydrogen-bond acceptors (Lipinski definition) is 1. The average Bonchev–Trinajstić information content (AvgIpc) is 2.46. The van der Waals surface area contributed by atoms with E-state index in [-0.39, 0.29) is 12.4 Å². The van der Waals surface area contributed by atoms with Crippen LogP contribution in [0.5, 0.6) is 0 Å². The van der Waals surface area contributed by atoms with E-state index in [1.807, 2.05) is 0 Å². The number of nitrogens with one attached hydrogen (secondary N) is 1. The predicted molar refractivity (Wildman–Crippen MR) is 82.2 cm³/mol. The summed E-state index contributed by atoms with van der Waals surface area (Å²) in [5, 5.41) is 3.56. The molecule has 108 valence electrons. The van der Waals surface area contributed by atoms with Gasteiger partial charge in [0.25, 0.3) is 0 Å². The maximum atomic E-state index is 3.56. The summed E-state index contributed by atoms with van der Waals surface area (Å²) in [6.45, 7) is 7.57. The highest BCUT2D eigenvalue weighted by Crippen LogP contribution is 2.16. The first-order valence-corrected chi connectivity index (χ1v) is 7.04. The molecule has 0 bridgehead atoms. The van der Waals surface area contributed by atoms with E-state index in [2.05, 4.69) is 80.7 Å². The molecule has 1 atom stereocenters. The normalized spacial score (nSPS) is 12.0. The van der Waals surface area contributed by atoms with Gasteiger partial charge < -0.3 is 17.7 Å². The zero-order valence-electron chi connectivity index (χ0n) is 12.4. The lowest BCUT2D eigenvalue weighted by molar-refractivity contribution is -0.00000411. The molecule has 0 amide bonds. The van der Waals surface area contributed by atoms with Crippen molar-refractivity contribution in [3.8, 4) is 0 Å². The molecule has 0 fully saturated rings. The van der Waals surface area contributed by atoms with E-state index in [0.29, 0.717) is 12.0 Å². The van der Waals surface area contributed by atoms with E-state index in [1.165, 1.54) is 16.7 Å². The molecule has 0 saturated carbocycles. The molecule has 0 aromatic heterocycles. The molecule has 1 unspecified atom stereocenters. The Hall–Kier alpha value is -1.31. The van der Waals surface area contributed by atoms with Crippen molar-refractivity contribution in [2.45, 2.75) is 39.3 Å². The number of hydrogen-bond donors (Lipinski definition) is 1. The Morgan fingerprint density at radius 3 is 1.95 bits per heavy atom. The van der Waals surface area contributed by atoms with Gasteiger partial charge in [0.15, 0.2) is 0 Å². The summed E-state index contributed by atoms with van der Waals surface area (Å²) in [6.07, 6.45) is 0. The Bertz CT molecular complexity index is 491. The molecule has 0 aliphatic heterocycles. The van der Waals surface area contributed by atoms with Crippen LogP contribution in [0.25, 0.3) is 0 Å². The lowest BCUT2D eigenvalue weighted by Crippen LogP contribution is -3.00. The Labute approximate surface area is 128 Å². The molecule has 2 aromatic rings. The molecule has 0 spiro atoms. The van der Waals surface area contributed by atoms with Crippen LogP contribution in [0, 0.1) is 0 Å². The van der Waals surface area contributed by atoms with Crippen LogP contribution in [0.3, 0.4) is 0 Å². The molecule has 0 aliphatic rings. The maximum Gasteiger partial charge on any atom is 0.0294 e. The number of rotatable bonds is 5. The fourth-order valence-electron chi connectivity index (χ4n) is 2.15. The van der Waals surface area contributed by atoms with Gasteiger partial charge in [-0.05, 0) is 29.5 Å². The molecule has 0 saturated heterocycles. The zero-order valence-corrected chi connectivity index (χ0v) is 13.2. The lowest BCUT2D eigenvalue weighted by atomic mass is 10.0. The van der Waals surface area contributed by atoms with Crippen LogP contribution in [0.2, 0.25) is 0 Å².